The van der Waals surface area contributed by atoms with Gasteiger partial charge in [-0.3, -0.25) is 9.59 Å². The highest BCUT2D eigenvalue weighted by molar-refractivity contribution is 8.00. The van der Waals surface area contributed by atoms with E-state index in [1.165, 1.54) is 24.8 Å². The van der Waals surface area contributed by atoms with Crippen molar-refractivity contribution in [2.24, 2.45) is 0 Å². The molecule has 0 bridgehead atoms. The minimum absolute atomic E-state index is 0.0421. The van der Waals surface area contributed by atoms with Crippen molar-refractivity contribution in [2.75, 3.05) is 5.75 Å². The van der Waals surface area contributed by atoms with Gasteiger partial charge in [-0.25, -0.2) is 4.98 Å². The maximum atomic E-state index is 12.0. The first-order valence-corrected chi connectivity index (χ1v) is 7.23. The third-order valence-corrected chi connectivity index (χ3v) is 3.77. The molecule has 1 aromatic heterocycles. The molecule has 0 fully saturated rings. The van der Waals surface area contributed by atoms with E-state index in [-0.39, 0.29) is 17.3 Å². The molecule has 0 aliphatic carbocycles. The number of benzene rings is 1. The van der Waals surface area contributed by atoms with Gasteiger partial charge in [0.1, 0.15) is 16.8 Å². The van der Waals surface area contributed by atoms with Crippen molar-refractivity contribution in [3.8, 4) is 6.07 Å². The lowest BCUT2D eigenvalue weighted by Crippen LogP contribution is -2.04. The van der Waals surface area contributed by atoms with Gasteiger partial charge in [-0.15, -0.1) is 0 Å². The lowest BCUT2D eigenvalue weighted by atomic mass is 10.2. The summed E-state index contributed by atoms with van der Waals surface area (Å²) in [6.07, 6.45) is 0. The van der Waals surface area contributed by atoms with E-state index in [4.69, 9.17) is 5.26 Å². The molecule has 0 aliphatic rings. The van der Waals surface area contributed by atoms with Gasteiger partial charge in [0, 0.05) is 12.5 Å². The van der Waals surface area contributed by atoms with E-state index in [1.54, 1.807) is 30.3 Å². The highest BCUT2D eigenvalue weighted by Gasteiger charge is 2.12. The number of hydrogen-bond donors (Lipinski definition) is 0. The average molecular weight is 296 g/mol. The van der Waals surface area contributed by atoms with Crippen LogP contribution in [0.15, 0.2) is 47.5 Å². The second kappa shape index (κ2) is 6.82. The minimum atomic E-state index is -0.171. The molecular weight excluding hydrogens is 284 g/mol. The van der Waals surface area contributed by atoms with Crippen LogP contribution in [0, 0.1) is 11.3 Å². The largest absolute Gasteiger partial charge is 0.293 e. The smallest absolute Gasteiger partial charge is 0.178 e. The van der Waals surface area contributed by atoms with Gasteiger partial charge in [-0.1, -0.05) is 42.1 Å². The predicted molar refractivity (Wildman–Crippen MR) is 80.5 cm³/mol. The zero-order chi connectivity index (χ0) is 15.2. The van der Waals surface area contributed by atoms with Crippen molar-refractivity contribution in [2.45, 2.75) is 11.9 Å². The van der Waals surface area contributed by atoms with E-state index < -0.39 is 0 Å². The third-order valence-electron chi connectivity index (χ3n) is 2.78. The Labute approximate surface area is 126 Å². The van der Waals surface area contributed by atoms with Crippen molar-refractivity contribution in [3.63, 3.8) is 0 Å². The van der Waals surface area contributed by atoms with Crippen molar-refractivity contribution in [1.82, 2.24) is 4.98 Å². The van der Waals surface area contributed by atoms with Gasteiger partial charge in [-0.05, 0) is 12.1 Å². The first kappa shape index (κ1) is 14.9. The Morgan fingerprint density at radius 2 is 1.90 bits per heavy atom. The minimum Gasteiger partial charge on any atom is -0.293 e. The summed E-state index contributed by atoms with van der Waals surface area (Å²) in [6.45, 7) is 1.41. The molecule has 1 aromatic carbocycles. The Hall–Kier alpha value is -2.45. The maximum Gasteiger partial charge on any atom is 0.178 e. The molecule has 2 rings (SSSR count). The number of thioether (sulfide) groups is 1. The van der Waals surface area contributed by atoms with Gasteiger partial charge in [-0.2, -0.15) is 5.26 Å². The fraction of sp³-hybridized carbons (Fsp3) is 0.125. The number of nitriles is 1. The molecule has 0 saturated heterocycles. The van der Waals surface area contributed by atoms with Crippen LogP contribution in [0.5, 0.6) is 0 Å². The van der Waals surface area contributed by atoms with Crippen LogP contribution in [0.3, 0.4) is 0 Å². The molecule has 0 aliphatic heterocycles. The molecule has 4 nitrogen and oxygen atoms in total. The molecule has 0 unspecified atom stereocenters. The molecule has 21 heavy (non-hydrogen) atoms. The highest BCUT2D eigenvalue weighted by Crippen LogP contribution is 2.22. The van der Waals surface area contributed by atoms with E-state index in [0.717, 1.165) is 0 Å². The number of nitrogens with zero attached hydrogens (tertiary/aromatic N) is 2. The quantitative estimate of drug-likeness (QED) is 0.626. The summed E-state index contributed by atoms with van der Waals surface area (Å²) in [5.74, 6) is -0.0391. The van der Waals surface area contributed by atoms with Gasteiger partial charge in [0.2, 0.25) is 0 Å². The Morgan fingerprint density at radius 3 is 2.52 bits per heavy atom. The third kappa shape index (κ3) is 3.77. The van der Waals surface area contributed by atoms with Crippen LogP contribution in [0.25, 0.3) is 0 Å². The fourth-order valence-corrected chi connectivity index (χ4v) is 2.54. The lowest BCUT2D eigenvalue weighted by Gasteiger charge is -2.04. The summed E-state index contributed by atoms with van der Waals surface area (Å²) in [5.41, 5.74) is 1.28. The van der Waals surface area contributed by atoms with Crippen LogP contribution in [0.2, 0.25) is 0 Å². The summed E-state index contributed by atoms with van der Waals surface area (Å²) in [7, 11) is 0. The summed E-state index contributed by atoms with van der Waals surface area (Å²) in [6, 6.07) is 14.0. The zero-order valence-corrected chi connectivity index (χ0v) is 12.2. The standard InChI is InChI=1S/C16H12N2O2S/c1-11(19)14-8-7-13(9-17)16(18-14)21-10-15(20)12-5-3-2-4-6-12/h2-8H,10H2,1H3. The van der Waals surface area contributed by atoms with Crippen molar-refractivity contribution < 1.29 is 9.59 Å². The monoisotopic (exact) mass is 296 g/mol. The number of carbonyl (C=O) groups excluding carboxylic acids is 2. The van der Waals surface area contributed by atoms with Crippen molar-refractivity contribution in [3.05, 3.63) is 59.3 Å². The average Bonchev–Trinajstić information content (AvgIpc) is 2.53. The Kier molecular flexibility index (Phi) is 4.85. The normalized spacial score (nSPS) is 9.90. The number of carbonyl (C=O) groups is 2. The van der Waals surface area contributed by atoms with Crippen LogP contribution in [-0.2, 0) is 0 Å². The lowest BCUT2D eigenvalue weighted by molar-refractivity contribution is 0.100. The van der Waals surface area contributed by atoms with E-state index in [0.29, 0.717) is 21.8 Å². The van der Waals surface area contributed by atoms with Crippen molar-refractivity contribution in [1.29, 1.82) is 5.26 Å². The predicted octanol–water partition coefficient (Wildman–Crippen LogP) is 3.13. The molecule has 1 heterocycles. The molecule has 0 spiro atoms. The Bertz CT molecular complexity index is 721. The van der Waals surface area contributed by atoms with Gasteiger partial charge in [0.05, 0.1) is 11.3 Å². The Morgan fingerprint density at radius 1 is 1.19 bits per heavy atom. The molecule has 0 atom stereocenters. The van der Waals surface area contributed by atoms with E-state index in [1.807, 2.05) is 12.1 Å². The van der Waals surface area contributed by atoms with Gasteiger partial charge >= 0.3 is 0 Å². The molecule has 0 radical (unpaired) electrons. The maximum absolute atomic E-state index is 12.0. The second-order valence-electron chi connectivity index (χ2n) is 4.30. The van der Waals surface area contributed by atoms with Gasteiger partial charge in [0.15, 0.2) is 11.6 Å². The van der Waals surface area contributed by atoms with Crippen LogP contribution < -0.4 is 0 Å². The number of rotatable bonds is 5. The highest BCUT2D eigenvalue weighted by atomic mass is 32.2. The molecule has 2 aromatic rings. The molecule has 0 saturated carbocycles. The molecule has 104 valence electrons. The van der Waals surface area contributed by atoms with E-state index in [2.05, 4.69) is 4.98 Å². The topological polar surface area (TPSA) is 70.8 Å². The number of ketones is 2. The number of Topliss-reactive ketones (excluding diaryl/α,β-unsaturated/α-hetero) is 2. The molecule has 5 heteroatoms. The van der Waals surface area contributed by atoms with E-state index in [9.17, 15) is 9.59 Å². The number of aromatic nitrogens is 1. The number of pyridine rings is 1. The summed E-state index contributed by atoms with van der Waals surface area (Å²) < 4.78 is 0. The van der Waals surface area contributed by atoms with Gasteiger partial charge in [0.25, 0.3) is 0 Å². The zero-order valence-electron chi connectivity index (χ0n) is 11.4. The molecular formula is C16H12N2O2S. The van der Waals surface area contributed by atoms with Crippen molar-refractivity contribution >= 4 is 23.3 Å². The summed E-state index contributed by atoms with van der Waals surface area (Å²) in [5, 5.41) is 9.47. The van der Waals surface area contributed by atoms with Crippen LogP contribution >= 0.6 is 11.8 Å². The second-order valence-corrected chi connectivity index (χ2v) is 5.26. The first-order valence-electron chi connectivity index (χ1n) is 6.25. The SMILES string of the molecule is CC(=O)c1ccc(C#N)c(SCC(=O)c2ccccc2)n1. The fourth-order valence-electron chi connectivity index (χ4n) is 1.67. The van der Waals surface area contributed by atoms with Gasteiger partial charge < -0.3 is 0 Å². The van der Waals surface area contributed by atoms with Crippen LogP contribution in [0.1, 0.15) is 33.3 Å². The number of hydrogen-bond acceptors (Lipinski definition) is 5. The van der Waals surface area contributed by atoms with Crippen LogP contribution in [-0.4, -0.2) is 22.3 Å². The summed E-state index contributed by atoms with van der Waals surface area (Å²) in [4.78, 5) is 27.5. The molecule has 0 amide bonds. The van der Waals surface area contributed by atoms with E-state index >= 15 is 0 Å². The Balaban J connectivity index is 2.16. The first-order chi connectivity index (χ1) is 10.1. The summed E-state index contributed by atoms with van der Waals surface area (Å²) >= 11 is 1.17. The van der Waals surface area contributed by atoms with Crippen LogP contribution in [0.4, 0.5) is 0 Å². The molecule has 0 N–H and O–H groups in total.